The Labute approximate surface area is 108 Å². The molecule has 0 saturated carbocycles. The number of nitrogen functional groups attached to an aromatic ring is 1. The average Bonchev–Trinajstić information content (AvgIpc) is 2.68. The molecule has 0 amide bonds. The number of nitrogens with zero attached hydrogens (tertiary/aromatic N) is 1. The number of aromatic nitrogens is 1. The minimum Gasteiger partial charge on any atom is -0.439 e. The predicted octanol–water partition coefficient (Wildman–Crippen LogP) is 3.95. The SMILES string of the molecule is CCCCc1cc(N)c2oc(CC(C)C)nc2c1. The summed E-state index contributed by atoms with van der Waals surface area (Å²) < 4.78 is 5.73. The maximum atomic E-state index is 6.04. The molecule has 0 fully saturated rings. The Balaban J connectivity index is 2.33. The number of hydrogen-bond donors (Lipinski definition) is 1. The zero-order valence-electron chi connectivity index (χ0n) is 11.5. The molecule has 1 aromatic carbocycles. The first kappa shape index (κ1) is 12.9. The van der Waals surface area contributed by atoms with Gasteiger partial charge in [-0.2, -0.15) is 0 Å². The lowest BCUT2D eigenvalue weighted by atomic mass is 10.1. The van der Waals surface area contributed by atoms with Gasteiger partial charge in [-0.05, 0) is 36.5 Å². The molecule has 0 aliphatic carbocycles. The highest BCUT2D eigenvalue weighted by molar-refractivity contribution is 5.85. The summed E-state index contributed by atoms with van der Waals surface area (Å²) in [5.41, 5.74) is 9.65. The normalized spacial score (nSPS) is 11.6. The zero-order chi connectivity index (χ0) is 13.1. The molecule has 0 atom stereocenters. The van der Waals surface area contributed by atoms with E-state index >= 15 is 0 Å². The summed E-state index contributed by atoms with van der Waals surface area (Å²) >= 11 is 0. The standard InChI is InChI=1S/C15H22N2O/c1-4-5-6-11-8-12(16)15-13(9-11)17-14(18-15)7-10(2)3/h8-10H,4-7,16H2,1-3H3. The number of nitrogens with two attached hydrogens (primary N) is 1. The van der Waals surface area contributed by atoms with Gasteiger partial charge in [0.1, 0.15) is 5.52 Å². The number of aryl methyl sites for hydroxylation is 1. The number of hydrogen-bond acceptors (Lipinski definition) is 3. The van der Waals surface area contributed by atoms with E-state index in [1.807, 2.05) is 6.07 Å². The van der Waals surface area contributed by atoms with Crippen LogP contribution in [0.4, 0.5) is 5.69 Å². The third-order valence-corrected chi connectivity index (χ3v) is 3.02. The minimum absolute atomic E-state index is 0.541. The van der Waals surface area contributed by atoms with Gasteiger partial charge in [-0.25, -0.2) is 4.98 Å². The van der Waals surface area contributed by atoms with E-state index < -0.39 is 0 Å². The van der Waals surface area contributed by atoms with Crippen LogP contribution in [0.1, 0.15) is 45.1 Å². The van der Waals surface area contributed by atoms with Crippen LogP contribution in [0.25, 0.3) is 11.1 Å². The van der Waals surface area contributed by atoms with Crippen LogP contribution in [0.2, 0.25) is 0 Å². The molecule has 0 aliphatic rings. The highest BCUT2D eigenvalue weighted by Crippen LogP contribution is 2.26. The zero-order valence-corrected chi connectivity index (χ0v) is 11.5. The molecule has 3 heteroatoms. The van der Waals surface area contributed by atoms with Crippen LogP contribution in [0.5, 0.6) is 0 Å². The third kappa shape index (κ3) is 2.84. The fourth-order valence-corrected chi connectivity index (χ4v) is 2.13. The van der Waals surface area contributed by atoms with Crippen molar-refractivity contribution in [1.82, 2.24) is 4.98 Å². The average molecular weight is 246 g/mol. The Kier molecular flexibility index (Phi) is 3.90. The van der Waals surface area contributed by atoms with Gasteiger partial charge in [0, 0.05) is 6.42 Å². The molecule has 0 aliphatic heterocycles. The molecule has 3 nitrogen and oxygen atoms in total. The molecule has 0 radical (unpaired) electrons. The van der Waals surface area contributed by atoms with Crippen LogP contribution < -0.4 is 5.73 Å². The summed E-state index contributed by atoms with van der Waals surface area (Å²) in [4.78, 5) is 4.54. The topological polar surface area (TPSA) is 52.0 Å². The van der Waals surface area contributed by atoms with Crippen LogP contribution in [-0.4, -0.2) is 4.98 Å². The maximum Gasteiger partial charge on any atom is 0.195 e. The highest BCUT2D eigenvalue weighted by atomic mass is 16.3. The molecule has 0 spiro atoms. The molecule has 0 unspecified atom stereocenters. The lowest BCUT2D eigenvalue weighted by molar-refractivity contribution is 0.483. The number of fused-ring (bicyclic) bond motifs is 1. The van der Waals surface area contributed by atoms with E-state index in [4.69, 9.17) is 10.2 Å². The molecular weight excluding hydrogens is 224 g/mol. The van der Waals surface area contributed by atoms with Gasteiger partial charge in [0.25, 0.3) is 0 Å². The van der Waals surface area contributed by atoms with Crippen molar-refractivity contribution >= 4 is 16.8 Å². The van der Waals surface area contributed by atoms with Crippen LogP contribution in [0, 0.1) is 5.92 Å². The second kappa shape index (κ2) is 5.42. The van der Waals surface area contributed by atoms with E-state index in [9.17, 15) is 0 Å². The number of unbranched alkanes of at least 4 members (excludes halogenated alkanes) is 1. The van der Waals surface area contributed by atoms with E-state index in [2.05, 4.69) is 31.8 Å². The molecule has 0 bridgehead atoms. The second-order valence-electron chi connectivity index (χ2n) is 5.34. The van der Waals surface area contributed by atoms with Crippen molar-refractivity contribution in [3.05, 3.63) is 23.6 Å². The van der Waals surface area contributed by atoms with Gasteiger partial charge in [-0.15, -0.1) is 0 Å². The molecule has 2 N–H and O–H groups in total. The molecule has 1 aromatic heterocycles. The van der Waals surface area contributed by atoms with E-state index in [0.29, 0.717) is 11.6 Å². The fraction of sp³-hybridized carbons (Fsp3) is 0.533. The van der Waals surface area contributed by atoms with Crippen LogP contribution in [0.3, 0.4) is 0 Å². The van der Waals surface area contributed by atoms with Crippen molar-refractivity contribution in [3.63, 3.8) is 0 Å². The van der Waals surface area contributed by atoms with Crippen LogP contribution in [-0.2, 0) is 12.8 Å². The first-order valence-corrected chi connectivity index (χ1v) is 6.78. The van der Waals surface area contributed by atoms with Gasteiger partial charge in [-0.3, -0.25) is 0 Å². The van der Waals surface area contributed by atoms with E-state index in [1.54, 1.807) is 0 Å². The number of benzene rings is 1. The predicted molar refractivity (Wildman–Crippen MR) is 75.6 cm³/mol. The minimum atomic E-state index is 0.541. The largest absolute Gasteiger partial charge is 0.439 e. The molecule has 18 heavy (non-hydrogen) atoms. The summed E-state index contributed by atoms with van der Waals surface area (Å²) in [7, 11) is 0. The second-order valence-corrected chi connectivity index (χ2v) is 5.34. The fourth-order valence-electron chi connectivity index (χ4n) is 2.13. The van der Waals surface area contributed by atoms with E-state index in [-0.39, 0.29) is 0 Å². The summed E-state index contributed by atoms with van der Waals surface area (Å²) in [6, 6.07) is 4.12. The van der Waals surface area contributed by atoms with Crippen molar-refractivity contribution < 1.29 is 4.42 Å². The highest BCUT2D eigenvalue weighted by Gasteiger charge is 2.11. The molecule has 2 rings (SSSR count). The van der Waals surface area contributed by atoms with Gasteiger partial charge < -0.3 is 10.2 Å². The van der Waals surface area contributed by atoms with Crippen molar-refractivity contribution in [3.8, 4) is 0 Å². The molecule has 98 valence electrons. The Bertz CT molecular complexity index is 529. The number of anilines is 1. The van der Waals surface area contributed by atoms with Gasteiger partial charge in [0.2, 0.25) is 0 Å². The van der Waals surface area contributed by atoms with Crippen molar-refractivity contribution in [1.29, 1.82) is 0 Å². The van der Waals surface area contributed by atoms with Gasteiger partial charge in [0.15, 0.2) is 11.5 Å². The van der Waals surface area contributed by atoms with Gasteiger partial charge >= 0.3 is 0 Å². The monoisotopic (exact) mass is 246 g/mol. The molecular formula is C15H22N2O. The lowest BCUT2D eigenvalue weighted by Gasteiger charge is -2.01. The van der Waals surface area contributed by atoms with Crippen LogP contribution in [0.15, 0.2) is 16.5 Å². The molecule has 0 saturated heterocycles. The van der Waals surface area contributed by atoms with Crippen LogP contribution >= 0.6 is 0 Å². The number of oxazole rings is 1. The quantitative estimate of drug-likeness (QED) is 0.813. The summed E-state index contributed by atoms with van der Waals surface area (Å²) in [5.74, 6) is 1.33. The third-order valence-electron chi connectivity index (χ3n) is 3.02. The van der Waals surface area contributed by atoms with Gasteiger partial charge in [0.05, 0.1) is 5.69 Å². The van der Waals surface area contributed by atoms with E-state index in [0.717, 1.165) is 29.8 Å². The smallest absolute Gasteiger partial charge is 0.195 e. The van der Waals surface area contributed by atoms with Crippen molar-refractivity contribution in [2.24, 2.45) is 5.92 Å². The summed E-state index contributed by atoms with van der Waals surface area (Å²) in [5, 5.41) is 0. The Hall–Kier alpha value is -1.51. The lowest BCUT2D eigenvalue weighted by Crippen LogP contribution is -1.93. The summed E-state index contributed by atoms with van der Waals surface area (Å²) in [6.45, 7) is 6.51. The maximum absolute atomic E-state index is 6.04. The van der Waals surface area contributed by atoms with Crippen molar-refractivity contribution in [2.75, 3.05) is 5.73 Å². The first-order valence-electron chi connectivity index (χ1n) is 6.78. The summed E-state index contributed by atoms with van der Waals surface area (Å²) in [6.07, 6.45) is 4.29. The Morgan fingerprint density at radius 2 is 2.11 bits per heavy atom. The van der Waals surface area contributed by atoms with E-state index in [1.165, 1.54) is 18.4 Å². The van der Waals surface area contributed by atoms with Gasteiger partial charge in [-0.1, -0.05) is 27.2 Å². The molecule has 1 heterocycles. The Morgan fingerprint density at radius 1 is 1.33 bits per heavy atom. The number of rotatable bonds is 5. The van der Waals surface area contributed by atoms with Crippen molar-refractivity contribution in [2.45, 2.75) is 46.5 Å². The Morgan fingerprint density at radius 3 is 2.78 bits per heavy atom. The molecule has 2 aromatic rings. The first-order chi connectivity index (χ1) is 8.60.